The molecule has 1 saturated heterocycles. The quantitative estimate of drug-likeness (QED) is 0.855. The predicted octanol–water partition coefficient (Wildman–Crippen LogP) is 2.26. The summed E-state index contributed by atoms with van der Waals surface area (Å²) in [5, 5.41) is 0. The third-order valence-corrected chi connectivity index (χ3v) is 5.74. The van der Waals surface area contributed by atoms with Gasteiger partial charge in [-0.25, -0.2) is 8.42 Å². The molecule has 0 saturated carbocycles. The molecule has 0 spiro atoms. The molecule has 0 radical (unpaired) electrons. The van der Waals surface area contributed by atoms with Crippen LogP contribution in [0, 0.1) is 5.92 Å². The highest BCUT2D eigenvalue weighted by atomic mass is 35.5. The number of nitrogens with two attached hydrogens (primary N) is 1. The maximum Gasteiger partial charge on any atom is 0.243 e. The van der Waals surface area contributed by atoms with Gasteiger partial charge < -0.3 is 10.5 Å². The van der Waals surface area contributed by atoms with Gasteiger partial charge in [-0.3, -0.25) is 0 Å². The van der Waals surface area contributed by atoms with Crippen LogP contribution in [0.15, 0.2) is 29.2 Å². The van der Waals surface area contributed by atoms with Gasteiger partial charge in [-0.2, -0.15) is 4.31 Å². The van der Waals surface area contributed by atoms with E-state index in [-0.39, 0.29) is 24.4 Å². The van der Waals surface area contributed by atoms with E-state index in [9.17, 15) is 8.42 Å². The molecule has 0 aliphatic carbocycles. The average Bonchev–Trinajstić information content (AvgIpc) is 2.96. The van der Waals surface area contributed by atoms with Gasteiger partial charge in [0.25, 0.3) is 0 Å². The predicted molar refractivity (Wildman–Crippen MR) is 90.0 cm³/mol. The van der Waals surface area contributed by atoms with Crippen LogP contribution in [0.3, 0.4) is 0 Å². The summed E-state index contributed by atoms with van der Waals surface area (Å²) in [5.41, 5.74) is 5.87. The van der Waals surface area contributed by atoms with Gasteiger partial charge in [0.1, 0.15) is 5.75 Å². The molecule has 2 atom stereocenters. The highest BCUT2D eigenvalue weighted by Gasteiger charge is 2.33. The highest BCUT2D eigenvalue weighted by molar-refractivity contribution is 7.89. The molecule has 126 valence electrons. The standard InChI is InChI=1S/C15H24N2O3S.ClH/c1-3-10-20-14-4-6-15(7-5-14)21(18,19)17-9-8-13(11-17)12(2)16;/h4-7,12-13H,3,8-11,16H2,1-2H3;1H. The molecule has 1 aromatic carbocycles. The van der Waals surface area contributed by atoms with Crippen LogP contribution < -0.4 is 10.5 Å². The van der Waals surface area contributed by atoms with Gasteiger partial charge in [0, 0.05) is 19.1 Å². The monoisotopic (exact) mass is 348 g/mol. The third-order valence-electron chi connectivity index (χ3n) is 3.87. The molecular formula is C15H25ClN2O3S. The van der Waals surface area contributed by atoms with Crippen molar-refractivity contribution in [2.24, 2.45) is 11.7 Å². The lowest BCUT2D eigenvalue weighted by molar-refractivity contribution is 0.317. The van der Waals surface area contributed by atoms with E-state index >= 15 is 0 Å². The molecule has 1 aliphatic rings. The summed E-state index contributed by atoms with van der Waals surface area (Å²) >= 11 is 0. The van der Waals surface area contributed by atoms with Crippen molar-refractivity contribution in [1.29, 1.82) is 0 Å². The Morgan fingerprint density at radius 1 is 1.36 bits per heavy atom. The number of nitrogens with zero attached hydrogens (tertiary/aromatic N) is 1. The van der Waals surface area contributed by atoms with Gasteiger partial charge in [-0.15, -0.1) is 12.4 Å². The lowest BCUT2D eigenvalue weighted by Gasteiger charge is -2.18. The van der Waals surface area contributed by atoms with Crippen molar-refractivity contribution in [3.8, 4) is 5.75 Å². The Bertz CT molecular complexity index is 561. The zero-order chi connectivity index (χ0) is 15.5. The Kier molecular flexibility index (Phi) is 7.12. The number of sulfonamides is 1. The Morgan fingerprint density at radius 3 is 2.50 bits per heavy atom. The van der Waals surface area contributed by atoms with Crippen molar-refractivity contribution >= 4 is 22.4 Å². The molecule has 1 heterocycles. The van der Waals surface area contributed by atoms with Gasteiger partial charge in [-0.05, 0) is 49.9 Å². The maximum atomic E-state index is 12.6. The van der Waals surface area contributed by atoms with Crippen LogP contribution in [0.25, 0.3) is 0 Å². The second kappa shape index (κ2) is 8.15. The zero-order valence-electron chi connectivity index (χ0n) is 13.1. The number of hydrogen-bond donors (Lipinski definition) is 1. The van der Waals surface area contributed by atoms with E-state index in [0.29, 0.717) is 30.3 Å². The number of hydrogen-bond acceptors (Lipinski definition) is 4. The number of rotatable bonds is 6. The van der Waals surface area contributed by atoms with Gasteiger partial charge in [0.2, 0.25) is 10.0 Å². The summed E-state index contributed by atoms with van der Waals surface area (Å²) in [6.45, 7) is 5.65. The van der Waals surface area contributed by atoms with Crippen LogP contribution >= 0.6 is 12.4 Å². The fourth-order valence-corrected chi connectivity index (χ4v) is 3.99. The fraction of sp³-hybridized carbons (Fsp3) is 0.600. The van der Waals surface area contributed by atoms with Crippen LogP contribution in [-0.2, 0) is 10.0 Å². The zero-order valence-corrected chi connectivity index (χ0v) is 14.7. The molecule has 22 heavy (non-hydrogen) atoms. The van der Waals surface area contributed by atoms with Gasteiger partial charge in [-0.1, -0.05) is 6.92 Å². The summed E-state index contributed by atoms with van der Waals surface area (Å²) < 4.78 is 32.1. The van der Waals surface area contributed by atoms with Gasteiger partial charge in [0.15, 0.2) is 0 Å². The van der Waals surface area contributed by atoms with Crippen LogP contribution in [-0.4, -0.2) is 38.5 Å². The molecule has 2 N–H and O–H groups in total. The molecule has 2 unspecified atom stereocenters. The highest BCUT2D eigenvalue weighted by Crippen LogP contribution is 2.26. The molecule has 5 nitrogen and oxygen atoms in total. The lowest BCUT2D eigenvalue weighted by Crippen LogP contribution is -2.33. The SMILES string of the molecule is CCCOc1ccc(S(=O)(=O)N2CCC(C(C)N)C2)cc1.Cl. The Hall–Kier alpha value is -0.820. The first-order chi connectivity index (χ1) is 9.95. The first-order valence-electron chi connectivity index (χ1n) is 7.43. The van der Waals surface area contributed by atoms with Gasteiger partial charge >= 0.3 is 0 Å². The third kappa shape index (κ3) is 4.35. The minimum Gasteiger partial charge on any atom is -0.494 e. The molecular weight excluding hydrogens is 324 g/mol. The maximum absolute atomic E-state index is 12.6. The Morgan fingerprint density at radius 2 is 2.00 bits per heavy atom. The number of halogens is 1. The molecule has 1 aliphatic heterocycles. The molecule has 0 amide bonds. The molecule has 2 rings (SSSR count). The topological polar surface area (TPSA) is 72.6 Å². The first-order valence-corrected chi connectivity index (χ1v) is 8.87. The van der Waals surface area contributed by atoms with E-state index in [1.165, 1.54) is 4.31 Å². The molecule has 7 heteroatoms. The van der Waals surface area contributed by atoms with Crippen molar-refractivity contribution in [3.63, 3.8) is 0 Å². The first kappa shape index (κ1) is 19.2. The minimum atomic E-state index is -3.42. The Labute approximate surface area is 139 Å². The average molecular weight is 349 g/mol. The number of ether oxygens (including phenoxy) is 1. The van der Waals surface area contributed by atoms with E-state index in [2.05, 4.69) is 0 Å². The van der Waals surface area contributed by atoms with E-state index in [4.69, 9.17) is 10.5 Å². The summed E-state index contributed by atoms with van der Waals surface area (Å²) in [7, 11) is -3.42. The van der Waals surface area contributed by atoms with Crippen molar-refractivity contribution in [2.75, 3.05) is 19.7 Å². The largest absolute Gasteiger partial charge is 0.494 e. The second-order valence-electron chi connectivity index (χ2n) is 5.59. The van der Waals surface area contributed by atoms with Gasteiger partial charge in [0.05, 0.1) is 11.5 Å². The summed E-state index contributed by atoms with van der Waals surface area (Å²) in [6.07, 6.45) is 1.75. The smallest absolute Gasteiger partial charge is 0.243 e. The van der Waals surface area contributed by atoms with Crippen LogP contribution in [0.2, 0.25) is 0 Å². The van der Waals surface area contributed by atoms with Crippen LogP contribution in [0.5, 0.6) is 5.75 Å². The van der Waals surface area contributed by atoms with Crippen molar-refractivity contribution in [3.05, 3.63) is 24.3 Å². The number of benzene rings is 1. The van der Waals surface area contributed by atoms with Crippen LogP contribution in [0.1, 0.15) is 26.7 Å². The Balaban J connectivity index is 0.00000242. The van der Waals surface area contributed by atoms with E-state index < -0.39 is 10.0 Å². The van der Waals surface area contributed by atoms with E-state index in [1.54, 1.807) is 24.3 Å². The normalized spacial score (nSPS) is 20.4. The van der Waals surface area contributed by atoms with E-state index in [1.807, 2.05) is 13.8 Å². The molecule has 1 fully saturated rings. The van der Waals surface area contributed by atoms with Crippen LogP contribution in [0.4, 0.5) is 0 Å². The van der Waals surface area contributed by atoms with Crippen molar-refractivity contribution in [2.45, 2.75) is 37.6 Å². The van der Waals surface area contributed by atoms with Crippen molar-refractivity contribution in [1.82, 2.24) is 4.31 Å². The van der Waals surface area contributed by atoms with E-state index in [0.717, 1.165) is 12.8 Å². The fourth-order valence-electron chi connectivity index (χ4n) is 2.48. The minimum absolute atomic E-state index is 0. The summed E-state index contributed by atoms with van der Waals surface area (Å²) in [4.78, 5) is 0.316. The molecule has 0 bridgehead atoms. The lowest BCUT2D eigenvalue weighted by atomic mass is 10.0. The second-order valence-corrected chi connectivity index (χ2v) is 7.53. The summed E-state index contributed by atoms with van der Waals surface area (Å²) in [5.74, 6) is 0.942. The summed E-state index contributed by atoms with van der Waals surface area (Å²) in [6, 6.07) is 6.66. The van der Waals surface area contributed by atoms with Crippen molar-refractivity contribution < 1.29 is 13.2 Å². The molecule has 1 aromatic rings. The molecule has 0 aromatic heterocycles.